The largest absolute Gasteiger partial charge is 0.362 e. The number of para-hydroxylation sites is 1. The molecule has 1 saturated carbocycles. The summed E-state index contributed by atoms with van der Waals surface area (Å²) in [7, 11) is 4.07. The van der Waals surface area contributed by atoms with Crippen molar-refractivity contribution in [3.63, 3.8) is 0 Å². The van der Waals surface area contributed by atoms with Crippen molar-refractivity contribution in [1.29, 1.82) is 0 Å². The van der Waals surface area contributed by atoms with Gasteiger partial charge >= 0.3 is 0 Å². The maximum atomic E-state index is 4.78. The topological polar surface area (TPSA) is 53.1 Å². The Balaban J connectivity index is 0.00000240. The van der Waals surface area contributed by atoms with Crippen LogP contribution in [0.15, 0.2) is 41.8 Å². The SMILES string of the molecule is C.CN(C)c1nc(NC2CCC(CNCc3cccs3)CC2)nc2ccccc12. The molecule has 2 aromatic heterocycles. The lowest BCUT2D eigenvalue weighted by Gasteiger charge is -2.29. The van der Waals surface area contributed by atoms with Gasteiger partial charge in [-0.3, -0.25) is 0 Å². The fraction of sp³-hybridized carbons (Fsp3) is 0.478. The molecule has 2 N–H and O–H groups in total. The van der Waals surface area contributed by atoms with Crippen LogP contribution < -0.4 is 15.5 Å². The van der Waals surface area contributed by atoms with Gasteiger partial charge in [-0.15, -0.1) is 11.3 Å². The molecule has 1 aliphatic rings. The van der Waals surface area contributed by atoms with Gasteiger partial charge in [-0.1, -0.05) is 25.6 Å². The quantitative estimate of drug-likeness (QED) is 0.563. The summed E-state index contributed by atoms with van der Waals surface area (Å²) in [6.45, 7) is 2.11. The molecule has 0 spiro atoms. The van der Waals surface area contributed by atoms with E-state index in [1.165, 1.54) is 30.6 Å². The number of hydrogen-bond donors (Lipinski definition) is 2. The van der Waals surface area contributed by atoms with Crippen molar-refractivity contribution < 1.29 is 0 Å². The first kappa shape index (κ1) is 21.5. The van der Waals surface area contributed by atoms with E-state index in [-0.39, 0.29) is 7.43 Å². The Labute approximate surface area is 178 Å². The summed E-state index contributed by atoms with van der Waals surface area (Å²) >= 11 is 1.83. The molecule has 4 rings (SSSR count). The number of rotatable bonds is 7. The van der Waals surface area contributed by atoms with Crippen molar-refractivity contribution in [2.24, 2.45) is 5.92 Å². The Morgan fingerprint density at radius 3 is 2.55 bits per heavy atom. The molecule has 5 nitrogen and oxygen atoms in total. The summed E-state index contributed by atoms with van der Waals surface area (Å²) in [6.07, 6.45) is 4.87. The van der Waals surface area contributed by atoms with Crippen molar-refractivity contribution in [3.05, 3.63) is 46.7 Å². The molecule has 29 heavy (non-hydrogen) atoms. The number of hydrogen-bond acceptors (Lipinski definition) is 6. The second kappa shape index (κ2) is 10.0. The highest BCUT2D eigenvalue weighted by Crippen LogP contribution is 2.28. The van der Waals surface area contributed by atoms with Crippen LogP contribution in [-0.2, 0) is 6.54 Å². The number of thiophene rings is 1. The Morgan fingerprint density at radius 2 is 1.83 bits per heavy atom. The first-order valence-corrected chi connectivity index (χ1v) is 11.0. The highest BCUT2D eigenvalue weighted by molar-refractivity contribution is 7.09. The summed E-state index contributed by atoms with van der Waals surface area (Å²) in [4.78, 5) is 13.0. The molecule has 0 bridgehead atoms. The van der Waals surface area contributed by atoms with Gasteiger partial charge in [0.05, 0.1) is 5.52 Å². The average molecular weight is 412 g/mol. The van der Waals surface area contributed by atoms with E-state index in [0.717, 1.165) is 41.7 Å². The monoisotopic (exact) mass is 411 g/mol. The van der Waals surface area contributed by atoms with Gasteiger partial charge in [-0.25, -0.2) is 4.98 Å². The first-order valence-electron chi connectivity index (χ1n) is 10.1. The molecule has 0 aliphatic heterocycles. The highest BCUT2D eigenvalue weighted by Gasteiger charge is 2.22. The van der Waals surface area contributed by atoms with E-state index in [4.69, 9.17) is 9.97 Å². The van der Waals surface area contributed by atoms with Gasteiger partial charge < -0.3 is 15.5 Å². The second-order valence-electron chi connectivity index (χ2n) is 7.85. The fourth-order valence-electron chi connectivity index (χ4n) is 3.97. The lowest BCUT2D eigenvalue weighted by atomic mass is 9.86. The van der Waals surface area contributed by atoms with Crippen LogP contribution in [0.1, 0.15) is 38.0 Å². The van der Waals surface area contributed by atoms with E-state index >= 15 is 0 Å². The van der Waals surface area contributed by atoms with E-state index in [9.17, 15) is 0 Å². The van der Waals surface area contributed by atoms with E-state index in [2.05, 4.69) is 45.2 Å². The molecule has 1 aliphatic carbocycles. The van der Waals surface area contributed by atoms with Crippen LogP contribution in [0.3, 0.4) is 0 Å². The van der Waals surface area contributed by atoms with Crippen molar-refractivity contribution in [2.75, 3.05) is 30.9 Å². The molecule has 3 aromatic rings. The van der Waals surface area contributed by atoms with Crippen LogP contribution in [0, 0.1) is 5.92 Å². The minimum Gasteiger partial charge on any atom is -0.362 e. The first-order chi connectivity index (χ1) is 13.7. The molecular formula is C23H33N5S. The lowest BCUT2D eigenvalue weighted by molar-refractivity contribution is 0.324. The van der Waals surface area contributed by atoms with Crippen LogP contribution in [0.25, 0.3) is 10.9 Å². The van der Waals surface area contributed by atoms with Crippen molar-refractivity contribution >= 4 is 34.0 Å². The van der Waals surface area contributed by atoms with Crippen molar-refractivity contribution in [2.45, 2.75) is 45.7 Å². The van der Waals surface area contributed by atoms with Crippen LogP contribution >= 0.6 is 11.3 Å². The number of fused-ring (bicyclic) bond motifs is 1. The summed E-state index contributed by atoms with van der Waals surface area (Å²) < 4.78 is 0. The number of aromatic nitrogens is 2. The van der Waals surface area contributed by atoms with Gasteiger partial charge in [0.25, 0.3) is 0 Å². The van der Waals surface area contributed by atoms with Gasteiger partial charge in [0.1, 0.15) is 5.82 Å². The molecule has 0 amide bonds. The van der Waals surface area contributed by atoms with Crippen LogP contribution in [0.4, 0.5) is 11.8 Å². The summed E-state index contributed by atoms with van der Waals surface area (Å²) in [6, 6.07) is 13.0. The molecule has 2 heterocycles. The minimum atomic E-state index is 0. The molecule has 1 fully saturated rings. The molecule has 0 unspecified atom stereocenters. The van der Waals surface area contributed by atoms with Gasteiger partial charge in [0, 0.05) is 36.9 Å². The van der Waals surface area contributed by atoms with E-state index in [0.29, 0.717) is 6.04 Å². The minimum absolute atomic E-state index is 0. The van der Waals surface area contributed by atoms with Crippen LogP contribution in [0.5, 0.6) is 0 Å². The zero-order chi connectivity index (χ0) is 19.3. The van der Waals surface area contributed by atoms with E-state index in [1.54, 1.807) is 0 Å². The fourth-order valence-corrected chi connectivity index (χ4v) is 4.65. The zero-order valence-electron chi connectivity index (χ0n) is 16.7. The molecule has 0 radical (unpaired) electrons. The highest BCUT2D eigenvalue weighted by atomic mass is 32.1. The predicted molar refractivity (Wildman–Crippen MR) is 126 cm³/mol. The standard InChI is InChI=1S/C22H29N5S.CH4/c1-27(2)21-19-7-3-4-8-20(19)25-22(26-21)24-17-11-9-16(10-12-17)14-23-15-18-6-5-13-28-18;/h3-8,13,16-17,23H,9-12,14-15H2,1-2H3,(H,24,25,26);1H4. The molecule has 1 aromatic carbocycles. The van der Waals surface area contributed by atoms with Crippen molar-refractivity contribution in [3.8, 4) is 0 Å². The smallest absolute Gasteiger partial charge is 0.225 e. The summed E-state index contributed by atoms with van der Waals surface area (Å²) in [5.41, 5.74) is 0.996. The number of anilines is 2. The van der Waals surface area contributed by atoms with Crippen molar-refractivity contribution in [1.82, 2.24) is 15.3 Å². The number of nitrogens with zero attached hydrogens (tertiary/aromatic N) is 3. The third-order valence-electron chi connectivity index (χ3n) is 5.50. The second-order valence-corrected chi connectivity index (χ2v) is 8.89. The lowest BCUT2D eigenvalue weighted by Crippen LogP contribution is -2.31. The van der Waals surface area contributed by atoms with E-state index < -0.39 is 0 Å². The van der Waals surface area contributed by atoms with Gasteiger partial charge in [0.15, 0.2) is 0 Å². The molecule has 6 heteroatoms. The van der Waals surface area contributed by atoms with Gasteiger partial charge in [0.2, 0.25) is 5.95 Å². The zero-order valence-corrected chi connectivity index (χ0v) is 17.5. The maximum absolute atomic E-state index is 4.78. The summed E-state index contributed by atoms with van der Waals surface area (Å²) in [5.74, 6) is 2.49. The van der Waals surface area contributed by atoms with E-state index in [1.807, 2.05) is 37.6 Å². The Morgan fingerprint density at radius 1 is 1.03 bits per heavy atom. The van der Waals surface area contributed by atoms with Crippen LogP contribution in [-0.4, -0.2) is 36.6 Å². The summed E-state index contributed by atoms with van der Waals surface area (Å²) in [5, 5.41) is 10.5. The predicted octanol–water partition coefficient (Wildman–Crippen LogP) is 5.15. The number of nitrogens with one attached hydrogen (secondary N) is 2. The molecule has 0 atom stereocenters. The Hall–Kier alpha value is -2.18. The third-order valence-corrected chi connectivity index (χ3v) is 6.38. The maximum Gasteiger partial charge on any atom is 0.225 e. The normalized spacial score (nSPS) is 19.0. The van der Waals surface area contributed by atoms with Crippen LogP contribution in [0.2, 0.25) is 0 Å². The Kier molecular flexibility index (Phi) is 7.45. The molecular weight excluding hydrogens is 378 g/mol. The average Bonchev–Trinajstić information content (AvgIpc) is 3.22. The van der Waals surface area contributed by atoms with Gasteiger partial charge in [-0.05, 0) is 61.7 Å². The van der Waals surface area contributed by atoms with Gasteiger partial charge in [-0.2, -0.15) is 4.98 Å². The number of benzene rings is 1. The third kappa shape index (κ3) is 5.46. The molecule has 156 valence electrons. The Bertz CT molecular complexity index is 885. The molecule has 0 saturated heterocycles.